The average molecular weight is 348 g/mol. The molecule has 6 aliphatic rings. The zero-order chi connectivity index (χ0) is 18.0. The maximum Gasteiger partial charge on any atom is 0.170 e. The molecule has 0 aromatic heterocycles. The van der Waals surface area contributed by atoms with E-state index in [1.165, 1.54) is 0 Å². The first kappa shape index (κ1) is 16.4. The normalized spacial score (nSPS) is 58.8. The lowest BCUT2D eigenvalue weighted by molar-refractivity contribution is -0.400. The third-order valence-corrected chi connectivity index (χ3v) is 9.13. The van der Waals surface area contributed by atoms with Gasteiger partial charge in [-0.05, 0) is 43.1 Å². The lowest BCUT2D eigenvalue weighted by Gasteiger charge is -2.71. The zero-order valence-corrected chi connectivity index (χ0v) is 15.0. The summed E-state index contributed by atoms with van der Waals surface area (Å²) in [6.07, 6.45) is 1.57. The van der Waals surface area contributed by atoms with Gasteiger partial charge in [-0.25, -0.2) is 0 Å². The molecule has 8 atom stereocenters. The van der Waals surface area contributed by atoms with Crippen molar-refractivity contribution in [1.82, 2.24) is 0 Å². The third kappa shape index (κ3) is 1.44. The summed E-state index contributed by atoms with van der Waals surface area (Å²) in [6, 6.07) is 0. The molecule has 1 unspecified atom stereocenters. The number of aliphatic hydroxyl groups is 3. The SMILES string of the molecule is C=C1C(=O)C23[C@H](O)C[C@@H]4C(C)(C)[C@@]5(O)CC[C@@]4(CO5)[C@@H]2CC[C@@H]1[C@@H]3O. The Morgan fingerprint density at radius 1 is 1.16 bits per heavy atom. The van der Waals surface area contributed by atoms with Crippen LogP contribution in [0.15, 0.2) is 12.2 Å². The molecule has 2 saturated heterocycles. The minimum atomic E-state index is -1.16. The molecule has 138 valence electrons. The van der Waals surface area contributed by atoms with Gasteiger partial charge in [-0.15, -0.1) is 0 Å². The van der Waals surface area contributed by atoms with E-state index < -0.39 is 28.8 Å². The molecule has 25 heavy (non-hydrogen) atoms. The molecule has 4 saturated carbocycles. The van der Waals surface area contributed by atoms with Crippen LogP contribution in [0.4, 0.5) is 0 Å². The van der Waals surface area contributed by atoms with E-state index in [4.69, 9.17) is 4.74 Å². The molecule has 6 rings (SSSR count). The first-order valence-electron chi connectivity index (χ1n) is 9.59. The lowest BCUT2D eigenvalue weighted by atomic mass is 9.37. The molecule has 4 aliphatic carbocycles. The molecule has 2 heterocycles. The predicted octanol–water partition coefficient (Wildman–Crippen LogP) is 1.40. The fourth-order valence-corrected chi connectivity index (χ4v) is 7.77. The summed E-state index contributed by atoms with van der Waals surface area (Å²) in [6.45, 7) is 8.41. The summed E-state index contributed by atoms with van der Waals surface area (Å²) in [4.78, 5) is 13.2. The van der Waals surface area contributed by atoms with Gasteiger partial charge in [0.2, 0.25) is 0 Å². The Bertz CT molecular complexity index is 674. The number of hydrogen-bond acceptors (Lipinski definition) is 5. The van der Waals surface area contributed by atoms with Crippen LogP contribution >= 0.6 is 0 Å². The topological polar surface area (TPSA) is 87.0 Å². The molecule has 4 bridgehead atoms. The second kappa shape index (κ2) is 4.38. The fraction of sp³-hybridized carbons (Fsp3) is 0.850. The van der Waals surface area contributed by atoms with Crippen LogP contribution in [0.1, 0.15) is 46.0 Å². The minimum absolute atomic E-state index is 0.0727. The Balaban J connectivity index is 1.71. The van der Waals surface area contributed by atoms with Crippen LogP contribution in [-0.4, -0.2) is 45.7 Å². The number of fused-ring (bicyclic) bond motifs is 3. The van der Waals surface area contributed by atoms with Crippen molar-refractivity contribution in [1.29, 1.82) is 0 Å². The highest BCUT2D eigenvalue weighted by Crippen LogP contribution is 2.74. The number of hydrogen-bond donors (Lipinski definition) is 3. The molecule has 2 spiro atoms. The number of Topliss-reactive ketones (excluding diaryl/α,β-unsaturated/α-hetero) is 1. The quantitative estimate of drug-likeness (QED) is 0.576. The van der Waals surface area contributed by atoms with Crippen LogP contribution in [-0.2, 0) is 9.53 Å². The van der Waals surface area contributed by atoms with Gasteiger partial charge >= 0.3 is 0 Å². The number of carbonyl (C=O) groups is 1. The average Bonchev–Trinajstić information content (AvgIpc) is 2.68. The van der Waals surface area contributed by atoms with Crippen molar-refractivity contribution in [3.05, 3.63) is 12.2 Å². The number of ketones is 1. The summed E-state index contributed by atoms with van der Waals surface area (Å²) in [5, 5.41) is 33.2. The summed E-state index contributed by atoms with van der Waals surface area (Å²) in [5.41, 5.74) is -1.39. The van der Waals surface area contributed by atoms with E-state index in [2.05, 4.69) is 6.58 Å². The number of carbonyl (C=O) groups excluding carboxylic acids is 1. The van der Waals surface area contributed by atoms with Gasteiger partial charge in [0, 0.05) is 23.2 Å². The van der Waals surface area contributed by atoms with E-state index in [1.54, 1.807) is 0 Å². The summed E-state index contributed by atoms with van der Waals surface area (Å²) in [7, 11) is 0. The molecule has 5 nitrogen and oxygen atoms in total. The van der Waals surface area contributed by atoms with Gasteiger partial charge in [0.25, 0.3) is 0 Å². The minimum Gasteiger partial charge on any atom is -0.392 e. The van der Waals surface area contributed by atoms with Crippen LogP contribution in [0.3, 0.4) is 0 Å². The van der Waals surface area contributed by atoms with Crippen molar-refractivity contribution < 1.29 is 24.9 Å². The van der Waals surface area contributed by atoms with Crippen molar-refractivity contribution in [3.63, 3.8) is 0 Å². The number of ether oxygens (including phenoxy) is 1. The molecule has 0 amide bonds. The van der Waals surface area contributed by atoms with Gasteiger partial charge in [0.15, 0.2) is 11.6 Å². The van der Waals surface area contributed by atoms with Crippen molar-refractivity contribution in [2.75, 3.05) is 6.61 Å². The van der Waals surface area contributed by atoms with Gasteiger partial charge in [0.05, 0.1) is 24.2 Å². The van der Waals surface area contributed by atoms with Gasteiger partial charge in [-0.1, -0.05) is 20.4 Å². The molecule has 0 radical (unpaired) electrons. The predicted molar refractivity (Wildman–Crippen MR) is 89.3 cm³/mol. The Morgan fingerprint density at radius 3 is 2.52 bits per heavy atom. The van der Waals surface area contributed by atoms with Gasteiger partial charge in [0.1, 0.15) is 0 Å². The molecule has 5 heteroatoms. The van der Waals surface area contributed by atoms with E-state index in [9.17, 15) is 20.1 Å². The third-order valence-electron chi connectivity index (χ3n) is 9.13. The second-order valence-electron chi connectivity index (χ2n) is 9.80. The van der Waals surface area contributed by atoms with Crippen molar-refractivity contribution in [3.8, 4) is 0 Å². The second-order valence-corrected chi connectivity index (χ2v) is 9.80. The van der Waals surface area contributed by atoms with E-state index in [1.807, 2.05) is 13.8 Å². The highest BCUT2D eigenvalue weighted by atomic mass is 16.6. The number of aliphatic hydroxyl groups excluding tert-OH is 2. The molecule has 0 aromatic carbocycles. The van der Waals surface area contributed by atoms with Gasteiger partial charge < -0.3 is 20.1 Å². The van der Waals surface area contributed by atoms with Gasteiger partial charge in [-0.3, -0.25) is 4.79 Å². The fourth-order valence-electron chi connectivity index (χ4n) is 7.77. The van der Waals surface area contributed by atoms with Crippen LogP contribution in [0.2, 0.25) is 0 Å². The Morgan fingerprint density at radius 2 is 1.88 bits per heavy atom. The van der Waals surface area contributed by atoms with Crippen molar-refractivity contribution in [2.24, 2.45) is 34.0 Å². The molecule has 2 aliphatic heterocycles. The smallest absolute Gasteiger partial charge is 0.170 e. The highest BCUT2D eigenvalue weighted by Gasteiger charge is 2.78. The standard InChI is InChI=1S/C20H28O5/c1-10-11-4-5-12-18-6-7-19(24,25-9-18)17(2,3)13(18)8-14(21)20(12,15(10)22)16(11)23/h11-14,16,21,23-24H,1,4-9H2,2-3H3/t11-,12-,13+,14+,16-,18+,19+,20?/m0/s1. The highest BCUT2D eigenvalue weighted by molar-refractivity contribution is 6.04. The van der Waals surface area contributed by atoms with Crippen molar-refractivity contribution in [2.45, 2.75) is 63.9 Å². The summed E-state index contributed by atoms with van der Waals surface area (Å²) >= 11 is 0. The maximum atomic E-state index is 13.2. The molecule has 3 N–H and O–H groups in total. The summed E-state index contributed by atoms with van der Waals surface area (Å²) < 4.78 is 5.98. The Hall–Kier alpha value is -0.750. The Labute approximate surface area is 148 Å². The van der Waals surface area contributed by atoms with Crippen LogP contribution < -0.4 is 0 Å². The molecule has 0 aromatic rings. The first-order chi connectivity index (χ1) is 11.6. The van der Waals surface area contributed by atoms with E-state index >= 15 is 0 Å². The zero-order valence-electron chi connectivity index (χ0n) is 15.0. The van der Waals surface area contributed by atoms with Gasteiger partial charge in [-0.2, -0.15) is 0 Å². The lowest BCUT2D eigenvalue weighted by Crippen LogP contribution is -2.75. The van der Waals surface area contributed by atoms with E-state index in [0.29, 0.717) is 25.0 Å². The molecular formula is C20H28O5. The first-order valence-corrected chi connectivity index (χ1v) is 9.59. The van der Waals surface area contributed by atoms with Crippen molar-refractivity contribution >= 4 is 5.78 Å². The van der Waals surface area contributed by atoms with E-state index in [0.717, 1.165) is 19.3 Å². The molecular weight excluding hydrogens is 320 g/mol. The Kier molecular flexibility index (Phi) is 2.88. The maximum absolute atomic E-state index is 13.2. The van der Waals surface area contributed by atoms with Crippen LogP contribution in [0.25, 0.3) is 0 Å². The largest absolute Gasteiger partial charge is 0.392 e. The van der Waals surface area contributed by atoms with Crippen LogP contribution in [0.5, 0.6) is 0 Å². The number of rotatable bonds is 0. The van der Waals surface area contributed by atoms with Crippen LogP contribution in [0, 0.1) is 34.0 Å². The summed E-state index contributed by atoms with van der Waals surface area (Å²) in [5.74, 6) is -1.55. The van der Waals surface area contributed by atoms with E-state index in [-0.39, 0.29) is 29.0 Å². The molecule has 6 fully saturated rings. The monoisotopic (exact) mass is 348 g/mol.